The fourth-order valence-electron chi connectivity index (χ4n) is 3.09. The fourth-order valence-corrected chi connectivity index (χ4v) is 3.09. The highest BCUT2D eigenvalue weighted by molar-refractivity contribution is 5.79. The van der Waals surface area contributed by atoms with E-state index < -0.39 is 0 Å². The topological polar surface area (TPSA) is 45.7 Å². The molecule has 1 aliphatic rings. The molecule has 0 bridgehead atoms. The number of hydrogen-bond donors (Lipinski definition) is 2. The van der Waals surface area contributed by atoms with E-state index in [2.05, 4.69) is 52.9 Å². The van der Waals surface area contributed by atoms with Gasteiger partial charge in [0.05, 0.1) is 6.10 Å². The molecule has 0 aliphatic carbocycles. The minimum absolute atomic E-state index is 0.190. The summed E-state index contributed by atoms with van der Waals surface area (Å²) in [6.45, 7) is 4.96. The van der Waals surface area contributed by atoms with E-state index >= 15 is 0 Å². The summed E-state index contributed by atoms with van der Waals surface area (Å²) in [5, 5.41) is 6.87. The van der Waals surface area contributed by atoms with Crippen molar-refractivity contribution in [3.8, 4) is 0 Å². The monoisotopic (exact) mass is 317 g/mol. The first kappa shape index (κ1) is 17.8. The van der Waals surface area contributed by atoms with Gasteiger partial charge in [-0.15, -0.1) is 0 Å². The van der Waals surface area contributed by atoms with Gasteiger partial charge >= 0.3 is 0 Å². The van der Waals surface area contributed by atoms with Crippen LogP contribution in [0.5, 0.6) is 0 Å². The molecule has 4 heteroatoms. The highest BCUT2D eigenvalue weighted by Crippen LogP contribution is 2.32. The lowest BCUT2D eigenvalue weighted by Gasteiger charge is -2.32. The molecule has 0 radical (unpaired) electrons. The third kappa shape index (κ3) is 5.87. The smallest absolute Gasteiger partial charge is 0.190 e. The van der Waals surface area contributed by atoms with E-state index in [0.29, 0.717) is 5.92 Å². The Bertz CT molecular complexity index is 461. The Balaban J connectivity index is 1.84. The van der Waals surface area contributed by atoms with Crippen LogP contribution in [0.3, 0.4) is 0 Å². The van der Waals surface area contributed by atoms with Crippen LogP contribution in [0.25, 0.3) is 0 Å². The predicted molar refractivity (Wildman–Crippen MR) is 96.7 cm³/mol. The summed E-state index contributed by atoms with van der Waals surface area (Å²) in [5.74, 6) is 1.39. The van der Waals surface area contributed by atoms with Crippen molar-refractivity contribution in [1.29, 1.82) is 0 Å². The highest BCUT2D eigenvalue weighted by Gasteiger charge is 2.27. The number of benzene rings is 1. The molecule has 1 aromatic carbocycles. The maximum atomic E-state index is 6.06. The average Bonchev–Trinajstić information content (AvgIpc) is 2.62. The molecule has 1 aliphatic heterocycles. The first-order valence-corrected chi connectivity index (χ1v) is 8.96. The summed E-state index contributed by atoms with van der Waals surface area (Å²) >= 11 is 0. The molecule has 0 spiro atoms. The molecular weight excluding hydrogens is 286 g/mol. The van der Waals surface area contributed by atoms with Gasteiger partial charge in [0, 0.05) is 32.7 Å². The van der Waals surface area contributed by atoms with Crippen LogP contribution in [-0.2, 0) is 4.74 Å². The van der Waals surface area contributed by atoms with E-state index in [1.165, 1.54) is 31.2 Å². The van der Waals surface area contributed by atoms with Gasteiger partial charge in [-0.2, -0.15) is 0 Å². The number of aliphatic imine (C=N–C) groups is 1. The van der Waals surface area contributed by atoms with Crippen LogP contribution in [0, 0.1) is 5.92 Å². The van der Waals surface area contributed by atoms with Gasteiger partial charge < -0.3 is 15.4 Å². The molecule has 2 atom stereocenters. The number of guanidine groups is 1. The van der Waals surface area contributed by atoms with E-state index in [1.807, 2.05) is 7.05 Å². The molecule has 1 heterocycles. The van der Waals surface area contributed by atoms with Crippen molar-refractivity contribution < 1.29 is 4.74 Å². The quantitative estimate of drug-likeness (QED) is 0.459. The van der Waals surface area contributed by atoms with Crippen molar-refractivity contribution in [2.45, 2.75) is 45.1 Å². The van der Waals surface area contributed by atoms with E-state index in [4.69, 9.17) is 4.74 Å². The minimum atomic E-state index is 0.190. The summed E-state index contributed by atoms with van der Waals surface area (Å²) in [5.41, 5.74) is 1.28. The van der Waals surface area contributed by atoms with Gasteiger partial charge in [0.25, 0.3) is 0 Å². The second-order valence-corrected chi connectivity index (χ2v) is 6.19. The van der Waals surface area contributed by atoms with Gasteiger partial charge in [-0.3, -0.25) is 4.99 Å². The summed E-state index contributed by atoms with van der Waals surface area (Å²) in [4.78, 5) is 4.32. The lowest BCUT2D eigenvalue weighted by Crippen LogP contribution is -2.42. The van der Waals surface area contributed by atoms with E-state index in [0.717, 1.165) is 32.1 Å². The number of ether oxygens (including phenoxy) is 1. The summed E-state index contributed by atoms with van der Waals surface area (Å²) in [7, 11) is 1.83. The zero-order valence-electron chi connectivity index (χ0n) is 14.6. The molecule has 128 valence electrons. The number of hydrogen-bond acceptors (Lipinski definition) is 2. The van der Waals surface area contributed by atoms with Crippen molar-refractivity contribution in [1.82, 2.24) is 10.6 Å². The number of rotatable bonds is 7. The third-order valence-electron chi connectivity index (χ3n) is 4.40. The average molecular weight is 317 g/mol. The van der Waals surface area contributed by atoms with Crippen molar-refractivity contribution in [3.05, 3.63) is 35.9 Å². The Hall–Kier alpha value is -1.55. The van der Waals surface area contributed by atoms with Gasteiger partial charge in [0.1, 0.15) is 0 Å². The Morgan fingerprint density at radius 2 is 2.04 bits per heavy atom. The second kappa shape index (κ2) is 10.3. The lowest BCUT2D eigenvalue weighted by molar-refractivity contribution is -0.0265. The molecule has 0 amide bonds. The minimum Gasteiger partial charge on any atom is -0.373 e. The highest BCUT2D eigenvalue weighted by atomic mass is 16.5. The molecule has 1 aromatic rings. The van der Waals surface area contributed by atoms with Gasteiger partial charge in [-0.25, -0.2) is 0 Å². The Morgan fingerprint density at radius 3 is 2.78 bits per heavy atom. The number of nitrogens with zero attached hydrogens (tertiary/aromatic N) is 1. The molecule has 2 rings (SSSR count). The Kier molecular flexibility index (Phi) is 7.95. The predicted octanol–water partition coefficient (Wildman–Crippen LogP) is 3.51. The molecule has 0 saturated carbocycles. The van der Waals surface area contributed by atoms with Crippen LogP contribution >= 0.6 is 0 Å². The summed E-state index contributed by atoms with van der Waals surface area (Å²) in [6.07, 6.45) is 6.21. The molecule has 23 heavy (non-hydrogen) atoms. The fraction of sp³-hybridized carbons (Fsp3) is 0.632. The van der Waals surface area contributed by atoms with Crippen LogP contribution in [-0.4, -0.2) is 32.7 Å². The van der Waals surface area contributed by atoms with Crippen LogP contribution < -0.4 is 10.6 Å². The van der Waals surface area contributed by atoms with E-state index in [-0.39, 0.29) is 6.10 Å². The summed E-state index contributed by atoms with van der Waals surface area (Å²) < 4.78 is 6.06. The number of nitrogens with one attached hydrogen (secondary N) is 2. The SMILES string of the molecule is CCCCCNC(=NC)NCC1CCCOC1c1ccccc1. The van der Waals surface area contributed by atoms with Gasteiger partial charge in [0.15, 0.2) is 5.96 Å². The molecule has 2 unspecified atom stereocenters. The van der Waals surface area contributed by atoms with Crippen molar-refractivity contribution in [2.75, 3.05) is 26.7 Å². The largest absolute Gasteiger partial charge is 0.373 e. The Labute approximate surface area is 140 Å². The molecule has 1 saturated heterocycles. The van der Waals surface area contributed by atoms with Crippen molar-refractivity contribution in [2.24, 2.45) is 10.9 Å². The first-order valence-electron chi connectivity index (χ1n) is 8.96. The molecule has 4 nitrogen and oxygen atoms in total. The van der Waals surface area contributed by atoms with Crippen molar-refractivity contribution in [3.63, 3.8) is 0 Å². The lowest BCUT2D eigenvalue weighted by atomic mass is 9.89. The third-order valence-corrected chi connectivity index (χ3v) is 4.40. The second-order valence-electron chi connectivity index (χ2n) is 6.19. The van der Waals surface area contributed by atoms with Gasteiger partial charge in [-0.05, 0) is 24.8 Å². The maximum absolute atomic E-state index is 6.06. The van der Waals surface area contributed by atoms with Crippen LogP contribution in [0.2, 0.25) is 0 Å². The normalized spacial score (nSPS) is 21.9. The molecule has 2 N–H and O–H groups in total. The number of unbranched alkanes of at least 4 members (excludes halogenated alkanes) is 2. The van der Waals surface area contributed by atoms with E-state index in [1.54, 1.807) is 0 Å². The van der Waals surface area contributed by atoms with Crippen LogP contribution in [0.4, 0.5) is 0 Å². The maximum Gasteiger partial charge on any atom is 0.190 e. The zero-order valence-corrected chi connectivity index (χ0v) is 14.6. The first-order chi connectivity index (χ1) is 11.3. The van der Waals surface area contributed by atoms with E-state index in [9.17, 15) is 0 Å². The zero-order chi connectivity index (χ0) is 16.3. The standard InChI is InChI=1S/C19H31N3O/c1-3-4-8-13-21-19(20-2)22-15-17-12-9-14-23-18(17)16-10-6-5-7-11-16/h5-7,10-11,17-18H,3-4,8-9,12-15H2,1-2H3,(H2,20,21,22). The Morgan fingerprint density at radius 1 is 1.22 bits per heavy atom. The van der Waals surface area contributed by atoms with Crippen LogP contribution in [0.15, 0.2) is 35.3 Å². The molecule has 1 fully saturated rings. The molecule has 0 aromatic heterocycles. The molecular formula is C19H31N3O. The van der Waals surface area contributed by atoms with Crippen molar-refractivity contribution >= 4 is 5.96 Å². The van der Waals surface area contributed by atoms with Gasteiger partial charge in [0.2, 0.25) is 0 Å². The van der Waals surface area contributed by atoms with Gasteiger partial charge in [-0.1, -0.05) is 50.1 Å². The van der Waals surface area contributed by atoms with Crippen LogP contribution in [0.1, 0.15) is 50.7 Å². The summed E-state index contributed by atoms with van der Waals surface area (Å²) in [6, 6.07) is 10.6.